The Kier molecular flexibility index (Phi) is 8.57. The van der Waals surface area contributed by atoms with Crippen molar-refractivity contribution < 1.29 is 9.90 Å². The van der Waals surface area contributed by atoms with Crippen LogP contribution in [0.25, 0.3) is 0 Å². The largest absolute Gasteiger partial charge is 0.481 e. The van der Waals surface area contributed by atoms with Crippen LogP contribution in [0, 0.1) is 5.92 Å². The highest BCUT2D eigenvalue weighted by Crippen LogP contribution is 2.08. The lowest BCUT2D eigenvalue weighted by Crippen LogP contribution is -2.21. The van der Waals surface area contributed by atoms with Gasteiger partial charge in [-0.05, 0) is 44.8 Å². The molecule has 0 heterocycles. The van der Waals surface area contributed by atoms with Crippen LogP contribution in [0.2, 0.25) is 0 Å². The van der Waals surface area contributed by atoms with E-state index >= 15 is 0 Å². The molecular formula is C10H22N2O2. The lowest BCUT2D eigenvalue weighted by Gasteiger charge is -2.10. The maximum absolute atomic E-state index is 10.3. The van der Waals surface area contributed by atoms with Crippen molar-refractivity contribution in [3.8, 4) is 0 Å². The van der Waals surface area contributed by atoms with Crippen molar-refractivity contribution in [3.05, 3.63) is 0 Å². The highest BCUT2D eigenvalue weighted by atomic mass is 16.4. The van der Waals surface area contributed by atoms with Crippen LogP contribution in [0.5, 0.6) is 0 Å². The highest BCUT2D eigenvalue weighted by molar-refractivity contribution is 5.66. The molecule has 0 fully saturated rings. The number of carbonyl (C=O) groups is 1. The van der Waals surface area contributed by atoms with Crippen molar-refractivity contribution in [3.63, 3.8) is 0 Å². The molecule has 0 bridgehead atoms. The van der Waals surface area contributed by atoms with E-state index in [9.17, 15) is 4.79 Å². The average Bonchev–Trinajstić information content (AvgIpc) is 2.14. The predicted molar refractivity (Wildman–Crippen MR) is 57.2 cm³/mol. The quantitative estimate of drug-likeness (QED) is 0.484. The smallest absolute Gasteiger partial charge is 0.303 e. The minimum absolute atomic E-state index is 0.282. The van der Waals surface area contributed by atoms with Gasteiger partial charge in [-0.25, -0.2) is 0 Å². The van der Waals surface area contributed by atoms with Gasteiger partial charge in [-0.1, -0.05) is 6.92 Å². The number of nitrogens with two attached hydrogens (primary N) is 1. The van der Waals surface area contributed by atoms with E-state index in [4.69, 9.17) is 10.8 Å². The zero-order valence-corrected chi connectivity index (χ0v) is 8.96. The summed E-state index contributed by atoms with van der Waals surface area (Å²) in [5, 5.41) is 11.8. The highest BCUT2D eigenvalue weighted by Gasteiger charge is 2.04. The average molecular weight is 202 g/mol. The van der Waals surface area contributed by atoms with Gasteiger partial charge < -0.3 is 16.2 Å². The topological polar surface area (TPSA) is 75.3 Å². The minimum Gasteiger partial charge on any atom is -0.481 e. The Morgan fingerprint density at radius 1 is 1.43 bits per heavy atom. The Morgan fingerprint density at radius 3 is 2.71 bits per heavy atom. The molecule has 4 N–H and O–H groups in total. The summed E-state index contributed by atoms with van der Waals surface area (Å²) in [4.78, 5) is 10.3. The first kappa shape index (κ1) is 13.4. The van der Waals surface area contributed by atoms with Crippen molar-refractivity contribution in [2.75, 3.05) is 19.6 Å². The zero-order valence-electron chi connectivity index (χ0n) is 8.96. The van der Waals surface area contributed by atoms with Gasteiger partial charge in [0, 0.05) is 6.42 Å². The van der Waals surface area contributed by atoms with Gasteiger partial charge in [0.25, 0.3) is 0 Å². The normalized spacial score (nSPS) is 12.7. The van der Waals surface area contributed by atoms with E-state index in [0.717, 1.165) is 38.9 Å². The Labute approximate surface area is 85.9 Å². The summed E-state index contributed by atoms with van der Waals surface area (Å²) in [5.41, 5.74) is 5.35. The number of carboxylic acid groups (broad SMARTS) is 1. The zero-order chi connectivity index (χ0) is 10.8. The maximum atomic E-state index is 10.3. The third-order valence-corrected chi connectivity index (χ3v) is 2.22. The standard InChI is InChI=1S/C10H22N2O2/c1-9(3-4-10(13)14)5-8-12-7-2-6-11/h9,12H,2-8,11H2,1H3,(H,13,14). The molecule has 4 heteroatoms. The van der Waals surface area contributed by atoms with E-state index in [0.29, 0.717) is 5.92 Å². The molecule has 0 radical (unpaired) electrons. The van der Waals surface area contributed by atoms with Crippen LogP contribution >= 0.6 is 0 Å². The van der Waals surface area contributed by atoms with E-state index in [1.165, 1.54) is 0 Å². The van der Waals surface area contributed by atoms with Crippen molar-refractivity contribution in [1.82, 2.24) is 5.32 Å². The predicted octanol–water partition coefficient (Wildman–Crippen LogP) is 0.816. The summed E-state index contributed by atoms with van der Waals surface area (Å²) < 4.78 is 0. The van der Waals surface area contributed by atoms with Crippen molar-refractivity contribution in [2.45, 2.75) is 32.6 Å². The van der Waals surface area contributed by atoms with Gasteiger partial charge in [-0.3, -0.25) is 4.79 Å². The lowest BCUT2D eigenvalue weighted by atomic mass is 10.0. The van der Waals surface area contributed by atoms with E-state index in [2.05, 4.69) is 12.2 Å². The van der Waals surface area contributed by atoms with Crippen molar-refractivity contribution in [2.24, 2.45) is 11.7 Å². The molecule has 4 nitrogen and oxygen atoms in total. The monoisotopic (exact) mass is 202 g/mol. The molecule has 0 rings (SSSR count). The summed E-state index contributed by atoms with van der Waals surface area (Å²) in [5.74, 6) is -0.218. The molecule has 0 amide bonds. The van der Waals surface area contributed by atoms with E-state index < -0.39 is 5.97 Å². The van der Waals surface area contributed by atoms with Gasteiger partial charge in [0.05, 0.1) is 0 Å². The summed E-state index contributed by atoms with van der Waals surface area (Å²) in [6, 6.07) is 0. The minimum atomic E-state index is -0.701. The Balaban J connectivity index is 3.18. The van der Waals surface area contributed by atoms with E-state index in [1.54, 1.807) is 0 Å². The Hall–Kier alpha value is -0.610. The summed E-state index contributed by atoms with van der Waals surface area (Å²) in [7, 11) is 0. The van der Waals surface area contributed by atoms with Crippen LogP contribution < -0.4 is 11.1 Å². The summed E-state index contributed by atoms with van der Waals surface area (Å²) >= 11 is 0. The number of hydrogen-bond acceptors (Lipinski definition) is 3. The van der Waals surface area contributed by atoms with Gasteiger partial charge in [-0.2, -0.15) is 0 Å². The molecular weight excluding hydrogens is 180 g/mol. The molecule has 1 atom stereocenters. The number of hydrogen-bond donors (Lipinski definition) is 3. The fraction of sp³-hybridized carbons (Fsp3) is 0.900. The first-order valence-electron chi connectivity index (χ1n) is 5.29. The lowest BCUT2D eigenvalue weighted by molar-refractivity contribution is -0.137. The SMILES string of the molecule is CC(CCNCCCN)CCC(=O)O. The maximum Gasteiger partial charge on any atom is 0.303 e. The Bertz CT molecular complexity index is 151. The van der Waals surface area contributed by atoms with Gasteiger partial charge in [0.1, 0.15) is 0 Å². The molecule has 0 aliphatic carbocycles. The van der Waals surface area contributed by atoms with Gasteiger partial charge >= 0.3 is 5.97 Å². The van der Waals surface area contributed by atoms with Crippen LogP contribution in [-0.4, -0.2) is 30.7 Å². The number of rotatable bonds is 9. The summed E-state index contributed by atoms with van der Waals surface area (Å²) in [6.07, 6.45) is 3.10. The first-order chi connectivity index (χ1) is 6.66. The first-order valence-corrected chi connectivity index (χ1v) is 5.29. The van der Waals surface area contributed by atoms with Crippen LogP contribution in [0.4, 0.5) is 0 Å². The third kappa shape index (κ3) is 9.48. The number of aliphatic carboxylic acids is 1. The second kappa shape index (κ2) is 8.97. The molecule has 0 saturated carbocycles. The van der Waals surface area contributed by atoms with Gasteiger partial charge in [-0.15, -0.1) is 0 Å². The van der Waals surface area contributed by atoms with Crippen LogP contribution in [-0.2, 0) is 4.79 Å². The fourth-order valence-corrected chi connectivity index (χ4v) is 1.21. The second-order valence-electron chi connectivity index (χ2n) is 3.72. The molecule has 0 aliphatic heterocycles. The molecule has 0 aromatic rings. The molecule has 0 aromatic heterocycles. The summed E-state index contributed by atoms with van der Waals surface area (Å²) in [6.45, 7) is 4.73. The molecule has 1 unspecified atom stereocenters. The fourth-order valence-electron chi connectivity index (χ4n) is 1.21. The molecule has 0 saturated heterocycles. The van der Waals surface area contributed by atoms with E-state index in [-0.39, 0.29) is 6.42 Å². The van der Waals surface area contributed by atoms with E-state index in [1.807, 2.05) is 0 Å². The molecule has 84 valence electrons. The Morgan fingerprint density at radius 2 is 2.14 bits per heavy atom. The number of nitrogens with one attached hydrogen (secondary N) is 1. The van der Waals surface area contributed by atoms with Gasteiger partial charge in [0.15, 0.2) is 0 Å². The van der Waals surface area contributed by atoms with Crippen molar-refractivity contribution >= 4 is 5.97 Å². The van der Waals surface area contributed by atoms with Crippen LogP contribution in [0.15, 0.2) is 0 Å². The molecule has 0 aromatic carbocycles. The molecule has 0 spiro atoms. The molecule has 14 heavy (non-hydrogen) atoms. The third-order valence-electron chi connectivity index (χ3n) is 2.22. The second-order valence-corrected chi connectivity index (χ2v) is 3.72. The molecule has 0 aliphatic rings. The van der Waals surface area contributed by atoms with Crippen LogP contribution in [0.1, 0.15) is 32.6 Å². The van der Waals surface area contributed by atoms with Gasteiger partial charge in [0.2, 0.25) is 0 Å². The van der Waals surface area contributed by atoms with Crippen molar-refractivity contribution in [1.29, 1.82) is 0 Å². The van der Waals surface area contributed by atoms with Crippen LogP contribution in [0.3, 0.4) is 0 Å². The number of carboxylic acids is 1.